The number of nitrogens with zero attached hydrogens (tertiary/aromatic N) is 4. The average molecular weight is 360 g/mol. The molecule has 2 aliphatic heterocycles. The zero-order valence-electron chi connectivity index (χ0n) is 14.9. The van der Waals surface area contributed by atoms with E-state index in [0.29, 0.717) is 32.7 Å². The summed E-state index contributed by atoms with van der Waals surface area (Å²) in [5, 5.41) is 8.80. The molecule has 0 saturated carbocycles. The fourth-order valence-electron chi connectivity index (χ4n) is 3.96. The lowest BCUT2D eigenvalue weighted by atomic mass is 10.1. The Kier molecular flexibility index (Phi) is 3.98. The fourth-order valence-corrected chi connectivity index (χ4v) is 3.96. The number of carbonyl (C=O) groups is 1. The van der Waals surface area contributed by atoms with E-state index >= 15 is 0 Å². The van der Waals surface area contributed by atoms with Crippen molar-refractivity contribution < 1.29 is 9.53 Å². The maximum absolute atomic E-state index is 12.6. The SMILES string of the molecule is O=C1CC(c2nnc3n2-c2ccccc2COC3)CN1Cc1ccccc1. The first-order chi connectivity index (χ1) is 13.3. The molecule has 1 saturated heterocycles. The molecule has 5 rings (SSSR count). The molecule has 0 bridgehead atoms. The van der Waals surface area contributed by atoms with Gasteiger partial charge in [-0.05, 0) is 11.6 Å². The molecule has 1 unspecified atom stereocenters. The van der Waals surface area contributed by atoms with Crippen LogP contribution in [0.3, 0.4) is 0 Å². The molecule has 6 heteroatoms. The summed E-state index contributed by atoms with van der Waals surface area (Å²) in [5.41, 5.74) is 3.31. The summed E-state index contributed by atoms with van der Waals surface area (Å²) < 4.78 is 7.83. The van der Waals surface area contributed by atoms with Gasteiger partial charge in [-0.15, -0.1) is 10.2 Å². The Bertz CT molecular complexity index is 983. The van der Waals surface area contributed by atoms with E-state index in [1.807, 2.05) is 35.2 Å². The third kappa shape index (κ3) is 2.92. The lowest BCUT2D eigenvalue weighted by molar-refractivity contribution is -0.128. The zero-order chi connectivity index (χ0) is 18.2. The van der Waals surface area contributed by atoms with Gasteiger partial charge in [-0.25, -0.2) is 0 Å². The smallest absolute Gasteiger partial charge is 0.223 e. The van der Waals surface area contributed by atoms with Gasteiger partial charge in [0, 0.05) is 31.0 Å². The van der Waals surface area contributed by atoms with Crippen LogP contribution in [0.15, 0.2) is 54.6 Å². The molecule has 136 valence electrons. The Labute approximate surface area is 157 Å². The number of para-hydroxylation sites is 1. The van der Waals surface area contributed by atoms with Gasteiger partial charge in [-0.2, -0.15) is 0 Å². The van der Waals surface area contributed by atoms with Crippen LogP contribution >= 0.6 is 0 Å². The first-order valence-corrected chi connectivity index (χ1v) is 9.21. The topological polar surface area (TPSA) is 60.3 Å². The zero-order valence-corrected chi connectivity index (χ0v) is 14.9. The quantitative estimate of drug-likeness (QED) is 0.721. The molecule has 3 aromatic rings. The number of fused-ring (bicyclic) bond motifs is 3. The molecule has 1 fully saturated rings. The van der Waals surface area contributed by atoms with E-state index in [9.17, 15) is 4.79 Å². The summed E-state index contributed by atoms with van der Waals surface area (Å²) in [6.07, 6.45) is 0.466. The van der Waals surface area contributed by atoms with E-state index in [1.165, 1.54) is 0 Å². The average Bonchev–Trinajstić information content (AvgIpc) is 3.21. The van der Waals surface area contributed by atoms with Crippen LogP contribution in [0.5, 0.6) is 0 Å². The maximum Gasteiger partial charge on any atom is 0.223 e. The molecule has 2 aromatic carbocycles. The second kappa shape index (κ2) is 6.63. The van der Waals surface area contributed by atoms with E-state index in [4.69, 9.17) is 4.74 Å². The van der Waals surface area contributed by atoms with Crippen LogP contribution in [0.2, 0.25) is 0 Å². The predicted molar refractivity (Wildman–Crippen MR) is 99.1 cm³/mol. The van der Waals surface area contributed by atoms with Crippen molar-refractivity contribution in [3.63, 3.8) is 0 Å². The summed E-state index contributed by atoms with van der Waals surface area (Å²) in [4.78, 5) is 14.5. The molecule has 0 radical (unpaired) electrons. The van der Waals surface area contributed by atoms with E-state index in [0.717, 1.165) is 28.5 Å². The highest BCUT2D eigenvalue weighted by Gasteiger charge is 2.35. The first-order valence-electron chi connectivity index (χ1n) is 9.21. The highest BCUT2D eigenvalue weighted by molar-refractivity contribution is 5.79. The number of benzene rings is 2. The predicted octanol–water partition coefficient (Wildman–Crippen LogP) is 2.81. The second-order valence-electron chi connectivity index (χ2n) is 7.09. The van der Waals surface area contributed by atoms with Crippen LogP contribution in [-0.4, -0.2) is 32.1 Å². The van der Waals surface area contributed by atoms with Gasteiger partial charge < -0.3 is 9.64 Å². The highest BCUT2D eigenvalue weighted by Crippen LogP contribution is 2.32. The fraction of sp³-hybridized carbons (Fsp3) is 0.286. The Morgan fingerprint density at radius 1 is 1.00 bits per heavy atom. The van der Waals surface area contributed by atoms with Crippen molar-refractivity contribution in [2.75, 3.05) is 6.54 Å². The van der Waals surface area contributed by atoms with Crippen molar-refractivity contribution in [1.29, 1.82) is 0 Å². The van der Waals surface area contributed by atoms with Crippen molar-refractivity contribution in [2.45, 2.75) is 32.1 Å². The van der Waals surface area contributed by atoms with Gasteiger partial charge in [0.1, 0.15) is 12.4 Å². The first kappa shape index (κ1) is 16.2. The molecule has 1 atom stereocenters. The van der Waals surface area contributed by atoms with Gasteiger partial charge in [0.2, 0.25) is 5.91 Å². The van der Waals surface area contributed by atoms with Gasteiger partial charge >= 0.3 is 0 Å². The molecule has 1 aromatic heterocycles. The number of ether oxygens (including phenoxy) is 1. The summed E-state index contributed by atoms with van der Waals surface area (Å²) >= 11 is 0. The minimum Gasteiger partial charge on any atom is -0.369 e. The molecule has 27 heavy (non-hydrogen) atoms. The number of likely N-dealkylation sites (tertiary alicyclic amines) is 1. The normalized spacial score (nSPS) is 18.9. The summed E-state index contributed by atoms with van der Waals surface area (Å²) in [6, 6.07) is 18.3. The molecule has 0 aliphatic carbocycles. The third-order valence-corrected chi connectivity index (χ3v) is 5.27. The minimum absolute atomic E-state index is 0.0358. The number of hydrogen-bond donors (Lipinski definition) is 0. The molecule has 3 heterocycles. The Hall–Kier alpha value is -2.99. The van der Waals surface area contributed by atoms with Crippen LogP contribution in [0, 0.1) is 0 Å². The number of aromatic nitrogens is 3. The van der Waals surface area contributed by atoms with E-state index < -0.39 is 0 Å². The van der Waals surface area contributed by atoms with Crippen LogP contribution in [-0.2, 0) is 29.3 Å². The molecule has 0 spiro atoms. The summed E-state index contributed by atoms with van der Waals surface area (Å²) in [7, 11) is 0. The van der Waals surface area contributed by atoms with E-state index in [1.54, 1.807) is 0 Å². The monoisotopic (exact) mass is 360 g/mol. The van der Waals surface area contributed by atoms with Crippen LogP contribution < -0.4 is 0 Å². The maximum atomic E-state index is 12.6. The second-order valence-corrected chi connectivity index (χ2v) is 7.09. The van der Waals surface area contributed by atoms with Crippen molar-refractivity contribution in [1.82, 2.24) is 19.7 Å². The largest absolute Gasteiger partial charge is 0.369 e. The summed E-state index contributed by atoms with van der Waals surface area (Å²) in [6.45, 7) is 2.28. The minimum atomic E-state index is 0.0358. The van der Waals surface area contributed by atoms with Gasteiger partial charge in [-0.3, -0.25) is 9.36 Å². The van der Waals surface area contributed by atoms with Gasteiger partial charge in [-0.1, -0.05) is 48.5 Å². The highest BCUT2D eigenvalue weighted by atomic mass is 16.5. The van der Waals surface area contributed by atoms with Crippen LogP contribution in [0.1, 0.15) is 35.1 Å². The van der Waals surface area contributed by atoms with Gasteiger partial charge in [0.05, 0.1) is 12.3 Å². The van der Waals surface area contributed by atoms with Crippen molar-refractivity contribution in [3.8, 4) is 5.69 Å². The Morgan fingerprint density at radius 2 is 1.81 bits per heavy atom. The lowest BCUT2D eigenvalue weighted by Gasteiger charge is -2.17. The summed E-state index contributed by atoms with van der Waals surface area (Å²) in [5.74, 6) is 1.85. The van der Waals surface area contributed by atoms with Crippen LogP contribution in [0.25, 0.3) is 5.69 Å². The number of rotatable bonds is 3. The number of amides is 1. The van der Waals surface area contributed by atoms with E-state index in [-0.39, 0.29) is 11.8 Å². The standard InChI is InChI=1S/C21H20N4O2/c26-20-10-17(12-24(20)11-15-6-2-1-3-7-15)21-23-22-19-14-27-13-16-8-4-5-9-18(16)25(19)21/h1-9,17H,10-14H2. The van der Waals surface area contributed by atoms with Crippen LogP contribution in [0.4, 0.5) is 0 Å². The third-order valence-electron chi connectivity index (χ3n) is 5.27. The van der Waals surface area contributed by atoms with Crippen molar-refractivity contribution in [2.24, 2.45) is 0 Å². The van der Waals surface area contributed by atoms with Crippen molar-refractivity contribution >= 4 is 5.91 Å². The molecule has 0 N–H and O–H groups in total. The molecular weight excluding hydrogens is 340 g/mol. The Morgan fingerprint density at radius 3 is 2.70 bits per heavy atom. The van der Waals surface area contributed by atoms with Gasteiger partial charge in [0.25, 0.3) is 0 Å². The van der Waals surface area contributed by atoms with Crippen molar-refractivity contribution in [3.05, 3.63) is 77.4 Å². The molecule has 1 amide bonds. The molecular formula is C21H20N4O2. The number of carbonyl (C=O) groups excluding carboxylic acids is 1. The van der Waals surface area contributed by atoms with Gasteiger partial charge in [0.15, 0.2) is 5.82 Å². The lowest BCUT2D eigenvalue weighted by Crippen LogP contribution is -2.24. The molecule has 6 nitrogen and oxygen atoms in total. The Balaban J connectivity index is 1.46. The molecule has 2 aliphatic rings. The van der Waals surface area contributed by atoms with E-state index in [2.05, 4.69) is 39.0 Å². The number of hydrogen-bond acceptors (Lipinski definition) is 4.